The molecule has 122 valence electrons. The molecule has 0 unspecified atom stereocenters. The first-order valence-electron chi connectivity index (χ1n) is 8.05. The van der Waals surface area contributed by atoms with Crippen LogP contribution >= 0.6 is 0 Å². The summed E-state index contributed by atoms with van der Waals surface area (Å²) in [6.45, 7) is 0.466. The van der Waals surface area contributed by atoms with E-state index >= 15 is 0 Å². The van der Waals surface area contributed by atoms with Gasteiger partial charge in [0.1, 0.15) is 0 Å². The van der Waals surface area contributed by atoms with Crippen LogP contribution in [0.15, 0.2) is 24.3 Å². The fourth-order valence-electron chi connectivity index (χ4n) is 3.52. The normalized spacial score (nSPS) is 21.7. The Morgan fingerprint density at radius 3 is 2.57 bits per heavy atom. The number of hydrogen-bond acceptors (Lipinski definition) is 3. The zero-order chi connectivity index (χ0) is 16.4. The highest BCUT2D eigenvalue weighted by Crippen LogP contribution is 2.30. The topological polar surface area (TPSA) is 92.5 Å². The largest absolute Gasteiger partial charge is 0.366 e. The van der Waals surface area contributed by atoms with Gasteiger partial charge in [0.05, 0.1) is 17.2 Å². The lowest BCUT2D eigenvalue weighted by Gasteiger charge is -2.23. The van der Waals surface area contributed by atoms with Crippen molar-refractivity contribution in [1.29, 1.82) is 0 Å². The van der Waals surface area contributed by atoms with E-state index < -0.39 is 5.91 Å². The van der Waals surface area contributed by atoms with E-state index in [0.717, 1.165) is 25.7 Å². The number of primary amides is 1. The Balaban J connectivity index is 1.67. The highest BCUT2D eigenvalue weighted by molar-refractivity contribution is 6.04. The van der Waals surface area contributed by atoms with Crippen LogP contribution in [-0.4, -0.2) is 35.2 Å². The van der Waals surface area contributed by atoms with Crippen molar-refractivity contribution in [3.05, 3.63) is 29.8 Å². The molecule has 1 atom stereocenters. The molecule has 1 aromatic carbocycles. The van der Waals surface area contributed by atoms with Gasteiger partial charge in [-0.1, -0.05) is 25.0 Å². The highest BCUT2D eigenvalue weighted by atomic mass is 16.2. The summed E-state index contributed by atoms with van der Waals surface area (Å²) < 4.78 is 0. The van der Waals surface area contributed by atoms with E-state index in [4.69, 9.17) is 5.73 Å². The summed E-state index contributed by atoms with van der Waals surface area (Å²) in [5, 5.41) is 2.75. The molecule has 2 fully saturated rings. The third kappa shape index (κ3) is 3.21. The lowest BCUT2D eigenvalue weighted by Crippen LogP contribution is -2.35. The molecule has 3 amide bonds. The maximum Gasteiger partial charge on any atom is 0.250 e. The molecule has 6 nitrogen and oxygen atoms in total. The van der Waals surface area contributed by atoms with Gasteiger partial charge in [-0.05, 0) is 25.0 Å². The summed E-state index contributed by atoms with van der Waals surface area (Å²) in [6.07, 6.45) is 4.60. The zero-order valence-corrected chi connectivity index (χ0v) is 13.0. The summed E-state index contributed by atoms with van der Waals surface area (Å²) >= 11 is 0. The lowest BCUT2D eigenvalue weighted by atomic mass is 10.1. The van der Waals surface area contributed by atoms with Gasteiger partial charge < -0.3 is 16.0 Å². The molecule has 1 heterocycles. The Morgan fingerprint density at radius 1 is 1.17 bits per heavy atom. The lowest BCUT2D eigenvalue weighted by molar-refractivity contribution is -0.129. The summed E-state index contributed by atoms with van der Waals surface area (Å²) in [6, 6.07) is 6.92. The Kier molecular flexibility index (Phi) is 4.32. The van der Waals surface area contributed by atoms with Crippen molar-refractivity contribution >= 4 is 23.4 Å². The highest BCUT2D eigenvalue weighted by Gasteiger charge is 2.38. The van der Waals surface area contributed by atoms with Crippen LogP contribution in [0.25, 0.3) is 0 Å². The average Bonchev–Trinajstić information content (AvgIpc) is 3.16. The smallest absolute Gasteiger partial charge is 0.250 e. The molecule has 1 saturated heterocycles. The summed E-state index contributed by atoms with van der Waals surface area (Å²) in [4.78, 5) is 37.9. The second-order valence-corrected chi connectivity index (χ2v) is 6.28. The first kappa shape index (κ1) is 15.5. The average molecular weight is 315 g/mol. The molecule has 0 bridgehead atoms. The fourth-order valence-corrected chi connectivity index (χ4v) is 3.52. The standard InChI is InChI=1S/C17H21N3O3/c18-16(22)13-7-3-4-8-14(13)19-17(23)11-9-15(21)20(10-11)12-5-1-2-6-12/h3-4,7-8,11-12H,1-2,5-6,9-10H2,(H2,18,22)(H,19,23)/t11-/m1/s1. The molecule has 3 N–H and O–H groups in total. The first-order chi connectivity index (χ1) is 11.1. The summed E-state index contributed by atoms with van der Waals surface area (Å²) in [7, 11) is 0. The third-order valence-electron chi connectivity index (χ3n) is 4.75. The Hall–Kier alpha value is -2.37. The monoisotopic (exact) mass is 315 g/mol. The van der Waals surface area contributed by atoms with E-state index in [-0.39, 0.29) is 29.7 Å². The van der Waals surface area contributed by atoms with Gasteiger partial charge in [-0.15, -0.1) is 0 Å². The number of likely N-dealkylation sites (tertiary alicyclic amines) is 1. The molecular formula is C17H21N3O3. The van der Waals surface area contributed by atoms with Crippen LogP contribution in [0.4, 0.5) is 5.69 Å². The minimum Gasteiger partial charge on any atom is -0.366 e. The molecule has 1 aromatic rings. The molecule has 1 aliphatic carbocycles. The number of nitrogens with two attached hydrogens (primary N) is 1. The molecular weight excluding hydrogens is 294 g/mol. The van der Waals surface area contributed by atoms with Crippen LogP contribution < -0.4 is 11.1 Å². The zero-order valence-electron chi connectivity index (χ0n) is 13.0. The molecule has 1 saturated carbocycles. The number of amides is 3. The molecule has 0 radical (unpaired) electrons. The number of para-hydroxylation sites is 1. The Bertz CT molecular complexity index is 638. The van der Waals surface area contributed by atoms with E-state index in [1.807, 2.05) is 4.90 Å². The van der Waals surface area contributed by atoms with Gasteiger partial charge in [0.25, 0.3) is 5.91 Å². The summed E-state index contributed by atoms with van der Waals surface area (Å²) in [5.74, 6) is -1.13. The predicted octanol–water partition coefficient (Wildman–Crippen LogP) is 1.52. The van der Waals surface area contributed by atoms with Crippen molar-refractivity contribution in [2.24, 2.45) is 11.7 Å². The number of carbonyl (C=O) groups excluding carboxylic acids is 3. The number of rotatable bonds is 4. The van der Waals surface area contributed by atoms with Gasteiger partial charge >= 0.3 is 0 Å². The van der Waals surface area contributed by atoms with Gasteiger partial charge in [0.15, 0.2) is 0 Å². The SMILES string of the molecule is NC(=O)c1ccccc1NC(=O)[C@@H]1CC(=O)N(C2CCCC2)C1. The summed E-state index contributed by atoms with van der Waals surface area (Å²) in [5.41, 5.74) is 5.99. The van der Waals surface area contributed by atoms with Crippen molar-refractivity contribution in [2.75, 3.05) is 11.9 Å². The third-order valence-corrected chi connectivity index (χ3v) is 4.75. The van der Waals surface area contributed by atoms with Crippen molar-refractivity contribution in [2.45, 2.75) is 38.1 Å². The van der Waals surface area contributed by atoms with Crippen molar-refractivity contribution in [3.8, 4) is 0 Å². The molecule has 0 aromatic heterocycles. The van der Waals surface area contributed by atoms with E-state index in [2.05, 4.69) is 5.32 Å². The number of nitrogens with one attached hydrogen (secondary N) is 1. The van der Waals surface area contributed by atoms with Crippen LogP contribution in [0.3, 0.4) is 0 Å². The molecule has 0 spiro atoms. The number of benzene rings is 1. The van der Waals surface area contributed by atoms with Crippen LogP contribution in [-0.2, 0) is 9.59 Å². The molecule has 3 rings (SSSR count). The number of anilines is 1. The van der Waals surface area contributed by atoms with Crippen molar-refractivity contribution in [1.82, 2.24) is 4.90 Å². The van der Waals surface area contributed by atoms with E-state index in [1.54, 1.807) is 24.3 Å². The van der Waals surface area contributed by atoms with Gasteiger partial charge in [-0.25, -0.2) is 0 Å². The molecule has 1 aliphatic heterocycles. The van der Waals surface area contributed by atoms with Gasteiger partial charge in [0, 0.05) is 19.0 Å². The number of hydrogen-bond donors (Lipinski definition) is 2. The molecule has 2 aliphatic rings. The van der Waals surface area contributed by atoms with Crippen molar-refractivity contribution < 1.29 is 14.4 Å². The molecule has 23 heavy (non-hydrogen) atoms. The number of carbonyl (C=O) groups is 3. The van der Waals surface area contributed by atoms with Crippen LogP contribution in [0.5, 0.6) is 0 Å². The van der Waals surface area contributed by atoms with Crippen LogP contribution in [0.2, 0.25) is 0 Å². The van der Waals surface area contributed by atoms with Gasteiger partial charge in [-0.3, -0.25) is 14.4 Å². The fraction of sp³-hybridized carbons (Fsp3) is 0.471. The Morgan fingerprint density at radius 2 is 1.87 bits per heavy atom. The van der Waals surface area contributed by atoms with E-state index in [1.165, 1.54) is 0 Å². The Labute approximate surface area is 135 Å². The minimum absolute atomic E-state index is 0.0558. The maximum atomic E-state index is 12.5. The van der Waals surface area contributed by atoms with Crippen LogP contribution in [0.1, 0.15) is 42.5 Å². The molecule has 6 heteroatoms. The quantitative estimate of drug-likeness (QED) is 0.882. The predicted molar refractivity (Wildman–Crippen MR) is 85.7 cm³/mol. The van der Waals surface area contributed by atoms with Crippen molar-refractivity contribution in [3.63, 3.8) is 0 Å². The second kappa shape index (κ2) is 6.40. The minimum atomic E-state index is -0.587. The van der Waals surface area contributed by atoms with Gasteiger partial charge in [0.2, 0.25) is 11.8 Å². The maximum absolute atomic E-state index is 12.5. The number of nitrogens with zero attached hydrogens (tertiary/aromatic N) is 1. The van der Waals surface area contributed by atoms with Gasteiger partial charge in [-0.2, -0.15) is 0 Å². The first-order valence-corrected chi connectivity index (χ1v) is 8.05. The second-order valence-electron chi connectivity index (χ2n) is 6.28. The van der Waals surface area contributed by atoms with Crippen LogP contribution in [0, 0.1) is 5.92 Å². The van der Waals surface area contributed by atoms with E-state index in [0.29, 0.717) is 18.3 Å². The van der Waals surface area contributed by atoms with E-state index in [9.17, 15) is 14.4 Å².